The third-order valence-corrected chi connectivity index (χ3v) is 3.04. The largest absolute Gasteiger partial charge is 0.480 e. The molecule has 0 heterocycles. The molecule has 0 radical (unpaired) electrons. The van der Waals surface area contributed by atoms with Crippen molar-refractivity contribution in [2.75, 3.05) is 5.33 Å². The van der Waals surface area contributed by atoms with Crippen LogP contribution in [0.3, 0.4) is 0 Å². The molecule has 0 bridgehead atoms. The Morgan fingerprint density at radius 1 is 1.23 bits per heavy atom. The van der Waals surface area contributed by atoms with Crippen molar-refractivity contribution < 1.29 is 14.7 Å². The average molecular weight is 251 g/mol. The lowest BCUT2D eigenvalue weighted by Gasteiger charge is -2.28. The second-order valence-electron chi connectivity index (χ2n) is 4.35. The summed E-state index contributed by atoms with van der Waals surface area (Å²) < 4.78 is 0. The van der Waals surface area contributed by atoms with Crippen LogP contribution in [-0.2, 0) is 9.59 Å². The Hall–Kier alpha value is -0.380. The lowest BCUT2D eigenvalue weighted by atomic mass is 9.75. The Morgan fingerprint density at radius 3 is 1.69 bits per heavy atom. The van der Waals surface area contributed by atoms with Crippen molar-refractivity contribution >= 4 is 27.7 Å². The van der Waals surface area contributed by atoms with E-state index in [2.05, 4.69) is 15.9 Å². The van der Waals surface area contributed by atoms with Crippen LogP contribution < -0.4 is 0 Å². The molecule has 0 aromatic carbocycles. The molecule has 4 heteroatoms. The molecule has 0 saturated carbocycles. The van der Waals surface area contributed by atoms with Gasteiger partial charge >= 0.3 is 5.97 Å². The van der Waals surface area contributed by atoms with Gasteiger partial charge in [-0.3, -0.25) is 9.59 Å². The lowest BCUT2D eigenvalue weighted by molar-refractivity contribution is -0.155. The maximum atomic E-state index is 11.7. The van der Waals surface area contributed by atoms with E-state index in [4.69, 9.17) is 5.11 Å². The SMILES string of the molecule is CC(C)(C)C(=O)C(C)(CBr)C(=O)O. The Morgan fingerprint density at radius 2 is 1.62 bits per heavy atom. The quantitative estimate of drug-likeness (QED) is 0.617. The topological polar surface area (TPSA) is 54.4 Å². The van der Waals surface area contributed by atoms with Crippen molar-refractivity contribution in [3.05, 3.63) is 0 Å². The zero-order chi connectivity index (χ0) is 10.9. The van der Waals surface area contributed by atoms with E-state index in [0.29, 0.717) is 0 Å². The predicted octanol–water partition coefficient (Wildman–Crippen LogP) is 2.09. The van der Waals surface area contributed by atoms with Gasteiger partial charge < -0.3 is 5.11 Å². The monoisotopic (exact) mass is 250 g/mol. The highest BCUT2D eigenvalue weighted by Crippen LogP contribution is 2.31. The van der Waals surface area contributed by atoms with Crippen LogP contribution in [0.2, 0.25) is 0 Å². The van der Waals surface area contributed by atoms with E-state index >= 15 is 0 Å². The van der Waals surface area contributed by atoms with Gasteiger partial charge in [-0.05, 0) is 6.92 Å². The van der Waals surface area contributed by atoms with Crippen LogP contribution in [0.5, 0.6) is 0 Å². The van der Waals surface area contributed by atoms with Crippen LogP contribution in [-0.4, -0.2) is 22.2 Å². The molecule has 0 saturated heterocycles. The molecule has 76 valence electrons. The van der Waals surface area contributed by atoms with Crippen LogP contribution in [0.25, 0.3) is 0 Å². The van der Waals surface area contributed by atoms with Crippen LogP contribution in [0.15, 0.2) is 0 Å². The second kappa shape index (κ2) is 3.78. The molecule has 0 aliphatic carbocycles. The second-order valence-corrected chi connectivity index (χ2v) is 4.91. The lowest BCUT2D eigenvalue weighted by Crippen LogP contribution is -2.44. The normalized spacial score (nSPS) is 16.4. The number of halogens is 1. The first-order chi connectivity index (χ1) is 5.66. The number of hydrogen-bond donors (Lipinski definition) is 1. The summed E-state index contributed by atoms with van der Waals surface area (Å²) in [5.74, 6) is -1.34. The highest BCUT2D eigenvalue weighted by molar-refractivity contribution is 9.09. The molecule has 0 aliphatic rings. The predicted molar refractivity (Wildman–Crippen MR) is 54.0 cm³/mol. The molecular formula is C9H15BrO3. The van der Waals surface area contributed by atoms with Crippen molar-refractivity contribution in [1.29, 1.82) is 0 Å². The summed E-state index contributed by atoms with van der Waals surface area (Å²) >= 11 is 3.06. The maximum absolute atomic E-state index is 11.7. The van der Waals surface area contributed by atoms with E-state index in [0.717, 1.165) is 0 Å². The highest BCUT2D eigenvalue weighted by Gasteiger charge is 2.45. The van der Waals surface area contributed by atoms with Gasteiger partial charge in [0.15, 0.2) is 5.78 Å². The fourth-order valence-corrected chi connectivity index (χ4v) is 1.54. The minimum atomic E-state index is -1.32. The van der Waals surface area contributed by atoms with E-state index < -0.39 is 16.8 Å². The summed E-state index contributed by atoms with van der Waals surface area (Å²) in [4.78, 5) is 22.6. The first-order valence-corrected chi connectivity index (χ1v) is 5.12. The Bertz CT molecular complexity index is 230. The van der Waals surface area contributed by atoms with Crippen LogP contribution in [0, 0.1) is 10.8 Å². The molecule has 0 spiro atoms. The fourth-order valence-electron chi connectivity index (χ4n) is 1.04. The molecule has 1 atom stereocenters. The number of ketones is 1. The van der Waals surface area contributed by atoms with Gasteiger partial charge in [-0.15, -0.1) is 0 Å². The van der Waals surface area contributed by atoms with E-state index in [-0.39, 0.29) is 11.1 Å². The fraction of sp³-hybridized carbons (Fsp3) is 0.778. The first-order valence-electron chi connectivity index (χ1n) is 4.00. The Labute approximate surface area is 86.6 Å². The third-order valence-electron chi connectivity index (χ3n) is 1.92. The van der Waals surface area contributed by atoms with E-state index in [1.165, 1.54) is 6.92 Å². The summed E-state index contributed by atoms with van der Waals surface area (Å²) in [7, 11) is 0. The number of carboxylic acid groups (broad SMARTS) is 1. The van der Waals surface area contributed by atoms with Gasteiger partial charge in [-0.25, -0.2) is 0 Å². The number of hydrogen-bond acceptors (Lipinski definition) is 2. The van der Waals surface area contributed by atoms with E-state index in [9.17, 15) is 9.59 Å². The number of carboxylic acids is 1. The number of carbonyl (C=O) groups excluding carboxylic acids is 1. The zero-order valence-corrected chi connectivity index (χ0v) is 9.93. The molecule has 1 unspecified atom stereocenters. The van der Waals surface area contributed by atoms with Crippen molar-refractivity contribution in [2.45, 2.75) is 27.7 Å². The van der Waals surface area contributed by atoms with Gasteiger partial charge in [-0.1, -0.05) is 36.7 Å². The molecule has 3 nitrogen and oxygen atoms in total. The minimum Gasteiger partial charge on any atom is -0.480 e. The number of rotatable bonds is 3. The molecule has 0 rings (SSSR count). The van der Waals surface area contributed by atoms with Crippen LogP contribution in [0.1, 0.15) is 27.7 Å². The van der Waals surface area contributed by atoms with Crippen molar-refractivity contribution in [3.8, 4) is 0 Å². The first kappa shape index (κ1) is 12.6. The molecule has 1 N–H and O–H groups in total. The van der Waals surface area contributed by atoms with E-state index in [1.807, 2.05) is 0 Å². The third kappa shape index (κ3) is 2.53. The zero-order valence-electron chi connectivity index (χ0n) is 8.35. The molecular weight excluding hydrogens is 236 g/mol. The van der Waals surface area contributed by atoms with Crippen molar-refractivity contribution in [3.63, 3.8) is 0 Å². The standard InChI is InChI=1S/C9H15BrO3/c1-8(2,3)6(11)9(4,5-10)7(12)13/h5H2,1-4H3,(H,12,13). The Balaban J connectivity index is 5.01. The number of Topliss-reactive ketones (excluding diaryl/α,β-unsaturated/α-hetero) is 1. The molecule has 13 heavy (non-hydrogen) atoms. The van der Waals surface area contributed by atoms with Crippen molar-refractivity contribution in [1.82, 2.24) is 0 Å². The highest BCUT2D eigenvalue weighted by atomic mass is 79.9. The van der Waals surface area contributed by atoms with Gasteiger partial charge in [0.25, 0.3) is 0 Å². The van der Waals surface area contributed by atoms with Gasteiger partial charge in [0, 0.05) is 10.7 Å². The van der Waals surface area contributed by atoms with Gasteiger partial charge in [0.1, 0.15) is 5.41 Å². The summed E-state index contributed by atoms with van der Waals surface area (Å²) in [6.07, 6.45) is 0. The molecule has 0 aromatic heterocycles. The summed E-state index contributed by atoms with van der Waals surface area (Å²) in [6, 6.07) is 0. The minimum absolute atomic E-state index is 0.144. The smallest absolute Gasteiger partial charge is 0.317 e. The van der Waals surface area contributed by atoms with Gasteiger partial charge in [0.05, 0.1) is 0 Å². The number of alkyl halides is 1. The van der Waals surface area contributed by atoms with E-state index in [1.54, 1.807) is 20.8 Å². The Kier molecular flexibility index (Phi) is 3.67. The van der Waals surface area contributed by atoms with Gasteiger partial charge in [-0.2, -0.15) is 0 Å². The molecule has 0 fully saturated rings. The molecule has 0 amide bonds. The summed E-state index contributed by atoms with van der Waals surface area (Å²) in [5, 5.41) is 9.06. The van der Waals surface area contributed by atoms with Crippen molar-refractivity contribution in [2.24, 2.45) is 10.8 Å². The van der Waals surface area contributed by atoms with Crippen LogP contribution in [0.4, 0.5) is 0 Å². The van der Waals surface area contributed by atoms with Crippen LogP contribution >= 0.6 is 15.9 Å². The maximum Gasteiger partial charge on any atom is 0.317 e. The number of aliphatic carboxylic acids is 1. The van der Waals surface area contributed by atoms with Gasteiger partial charge in [0.2, 0.25) is 0 Å². The molecule has 0 aliphatic heterocycles. The molecule has 0 aromatic rings. The number of carbonyl (C=O) groups is 2. The average Bonchev–Trinajstić information content (AvgIpc) is 1.99. The summed E-state index contributed by atoms with van der Waals surface area (Å²) in [5.41, 5.74) is -1.95. The summed E-state index contributed by atoms with van der Waals surface area (Å²) in [6.45, 7) is 6.61.